The Labute approximate surface area is 147 Å². The van der Waals surface area contributed by atoms with E-state index in [1.807, 2.05) is 19.1 Å². The van der Waals surface area contributed by atoms with Crippen molar-refractivity contribution in [1.29, 1.82) is 0 Å². The van der Waals surface area contributed by atoms with Gasteiger partial charge in [0.2, 0.25) is 0 Å². The second-order valence-electron chi connectivity index (χ2n) is 4.18. The molecule has 1 N–H and O–H groups in total. The van der Waals surface area contributed by atoms with E-state index in [0.29, 0.717) is 20.7 Å². The van der Waals surface area contributed by atoms with Crippen LogP contribution in [0.5, 0.6) is 0 Å². The molecule has 0 fully saturated rings. The fraction of sp³-hybridized carbons (Fsp3) is 0.0714. The Balaban J connectivity index is 2.33. The summed E-state index contributed by atoms with van der Waals surface area (Å²) in [6.45, 7) is 1.98. The predicted molar refractivity (Wildman–Crippen MR) is 93.7 cm³/mol. The van der Waals surface area contributed by atoms with Crippen LogP contribution < -0.4 is 5.32 Å². The Bertz CT molecular complexity index is 665. The molecule has 0 aliphatic heterocycles. The van der Waals surface area contributed by atoms with Gasteiger partial charge in [-0.15, -0.1) is 0 Å². The lowest BCUT2D eigenvalue weighted by Gasteiger charge is -2.11. The summed E-state index contributed by atoms with van der Waals surface area (Å²) < 4.78 is 2.30. The predicted octanol–water partition coefficient (Wildman–Crippen LogP) is 6.19. The minimum atomic E-state index is -0.209. The maximum Gasteiger partial charge on any atom is 0.256 e. The van der Waals surface area contributed by atoms with E-state index in [2.05, 4.69) is 53.1 Å². The molecule has 2 rings (SSSR count). The van der Waals surface area contributed by atoms with Crippen LogP contribution in [0.25, 0.3) is 0 Å². The Kier molecular flexibility index (Phi) is 5.29. The van der Waals surface area contributed by atoms with Gasteiger partial charge in [0, 0.05) is 18.4 Å². The van der Waals surface area contributed by atoms with Gasteiger partial charge in [-0.3, -0.25) is 4.79 Å². The number of benzene rings is 2. The molecule has 2 nitrogen and oxygen atoms in total. The van der Waals surface area contributed by atoms with Gasteiger partial charge in [0.1, 0.15) is 0 Å². The minimum Gasteiger partial charge on any atom is -0.320 e. The molecule has 0 aliphatic carbocycles. The molecule has 2 aromatic carbocycles. The van der Waals surface area contributed by atoms with E-state index >= 15 is 0 Å². The molecule has 1 amide bonds. The third kappa shape index (κ3) is 3.64. The van der Waals surface area contributed by atoms with Crippen molar-refractivity contribution in [3.8, 4) is 0 Å². The van der Waals surface area contributed by atoms with Gasteiger partial charge in [0.05, 0.1) is 11.3 Å². The zero-order chi connectivity index (χ0) is 14.9. The maximum atomic E-state index is 12.3. The van der Waals surface area contributed by atoms with Crippen molar-refractivity contribution < 1.29 is 4.79 Å². The first kappa shape index (κ1) is 16.0. The lowest BCUT2D eigenvalue weighted by atomic mass is 10.2. The van der Waals surface area contributed by atoms with Gasteiger partial charge in [-0.05, 0) is 90.6 Å². The third-order valence-corrected chi connectivity index (χ3v) is 4.74. The van der Waals surface area contributed by atoms with E-state index in [1.165, 1.54) is 0 Å². The quantitative estimate of drug-likeness (QED) is 0.544. The molecule has 0 saturated carbocycles. The second-order valence-corrected chi connectivity index (χ2v) is 7.18. The number of aryl methyl sites for hydroxylation is 1. The smallest absolute Gasteiger partial charge is 0.256 e. The molecule has 0 saturated heterocycles. The SMILES string of the molecule is Cc1cc(Br)c(NC(=O)c2ccc(Cl)cc2Br)c(Br)c1. The first-order valence-electron chi connectivity index (χ1n) is 5.60. The number of halogens is 4. The van der Waals surface area contributed by atoms with Crippen LogP contribution in [-0.2, 0) is 0 Å². The van der Waals surface area contributed by atoms with Crippen LogP contribution in [-0.4, -0.2) is 5.91 Å². The van der Waals surface area contributed by atoms with E-state index in [-0.39, 0.29) is 5.91 Å². The summed E-state index contributed by atoms with van der Waals surface area (Å²) in [4.78, 5) is 12.3. The van der Waals surface area contributed by atoms with Crippen LogP contribution in [0.2, 0.25) is 5.02 Å². The fourth-order valence-electron chi connectivity index (χ4n) is 1.67. The van der Waals surface area contributed by atoms with E-state index in [0.717, 1.165) is 14.5 Å². The highest BCUT2D eigenvalue weighted by atomic mass is 79.9. The first-order valence-corrected chi connectivity index (χ1v) is 8.36. The van der Waals surface area contributed by atoms with Crippen LogP contribution in [0.1, 0.15) is 15.9 Å². The number of rotatable bonds is 2. The third-order valence-electron chi connectivity index (χ3n) is 2.60. The van der Waals surface area contributed by atoms with Gasteiger partial charge in [-0.1, -0.05) is 11.6 Å². The van der Waals surface area contributed by atoms with Gasteiger partial charge in [0.15, 0.2) is 0 Å². The minimum absolute atomic E-state index is 0.209. The molecule has 0 unspecified atom stereocenters. The molecule has 2 aromatic rings. The molecule has 0 spiro atoms. The highest BCUT2D eigenvalue weighted by Crippen LogP contribution is 2.33. The largest absolute Gasteiger partial charge is 0.320 e. The zero-order valence-electron chi connectivity index (χ0n) is 10.3. The van der Waals surface area contributed by atoms with Crippen molar-refractivity contribution in [2.24, 2.45) is 0 Å². The van der Waals surface area contributed by atoms with Gasteiger partial charge >= 0.3 is 0 Å². The number of anilines is 1. The average molecular weight is 482 g/mol. The summed E-state index contributed by atoms with van der Waals surface area (Å²) in [6, 6.07) is 8.93. The molecular weight excluding hydrogens is 473 g/mol. The van der Waals surface area contributed by atoms with Crippen LogP contribution in [0.4, 0.5) is 5.69 Å². The second kappa shape index (κ2) is 6.60. The fourth-order valence-corrected chi connectivity index (χ4v) is 4.15. The molecule has 0 bridgehead atoms. The van der Waals surface area contributed by atoms with Crippen LogP contribution in [0.15, 0.2) is 43.7 Å². The molecule has 20 heavy (non-hydrogen) atoms. The van der Waals surface area contributed by atoms with Gasteiger partial charge in [-0.25, -0.2) is 0 Å². The monoisotopic (exact) mass is 479 g/mol. The maximum absolute atomic E-state index is 12.3. The Morgan fingerprint density at radius 2 is 1.65 bits per heavy atom. The normalized spacial score (nSPS) is 10.4. The van der Waals surface area contributed by atoms with Crippen molar-refractivity contribution in [2.75, 3.05) is 5.32 Å². The Morgan fingerprint density at radius 3 is 2.20 bits per heavy atom. The highest BCUT2D eigenvalue weighted by molar-refractivity contribution is 9.11. The zero-order valence-corrected chi connectivity index (χ0v) is 15.8. The summed E-state index contributed by atoms with van der Waals surface area (Å²) in [7, 11) is 0. The Morgan fingerprint density at radius 1 is 1.05 bits per heavy atom. The Hall–Kier alpha value is -0.360. The summed E-state index contributed by atoms with van der Waals surface area (Å²) in [5.41, 5.74) is 2.31. The summed E-state index contributed by atoms with van der Waals surface area (Å²) in [5.74, 6) is -0.209. The summed E-state index contributed by atoms with van der Waals surface area (Å²) in [5, 5.41) is 3.45. The highest BCUT2D eigenvalue weighted by Gasteiger charge is 2.14. The first-order chi connectivity index (χ1) is 9.38. The van der Waals surface area contributed by atoms with Crippen molar-refractivity contribution in [3.63, 3.8) is 0 Å². The summed E-state index contributed by atoms with van der Waals surface area (Å²) >= 11 is 16.1. The number of carbonyl (C=O) groups is 1. The number of amides is 1. The molecule has 104 valence electrons. The number of carbonyl (C=O) groups excluding carboxylic acids is 1. The van der Waals surface area contributed by atoms with E-state index < -0.39 is 0 Å². The number of nitrogens with one attached hydrogen (secondary N) is 1. The van der Waals surface area contributed by atoms with Gasteiger partial charge in [-0.2, -0.15) is 0 Å². The van der Waals surface area contributed by atoms with Gasteiger partial charge < -0.3 is 5.32 Å². The molecule has 0 aliphatic rings. The number of hydrogen-bond acceptors (Lipinski definition) is 1. The standard InChI is InChI=1S/C14H9Br3ClNO/c1-7-4-11(16)13(12(17)5-7)19-14(20)9-3-2-8(18)6-10(9)15/h2-6H,1H3,(H,19,20). The van der Waals surface area contributed by atoms with Crippen molar-refractivity contribution >= 4 is 71.0 Å². The summed E-state index contributed by atoms with van der Waals surface area (Å²) in [6.07, 6.45) is 0. The number of hydrogen-bond donors (Lipinski definition) is 1. The average Bonchev–Trinajstić information content (AvgIpc) is 2.33. The molecule has 6 heteroatoms. The van der Waals surface area contributed by atoms with Crippen LogP contribution in [0.3, 0.4) is 0 Å². The molecule has 0 radical (unpaired) electrons. The van der Waals surface area contributed by atoms with E-state index in [4.69, 9.17) is 11.6 Å². The molecule has 0 heterocycles. The topological polar surface area (TPSA) is 29.1 Å². The van der Waals surface area contributed by atoms with Crippen molar-refractivity contribution in [2.45, 2.75) is 6.92 Å². The lowest BCUT2D eigenvalue weighted by molar-refractivity contribution is 0.102. The van der Waals surface area contributed by atoms with E-state index in [1.54, 1.807) is 18.2 Å². The van der Waals surface area contributed by atoms with Crippen molar-refractivity contribution in [3.05, 3.63) is 59.9 Å². The van der Waals surface area contributed by atoms with Crippen LogP contribution >= 0.6 is 59.4 Å². The lowest BCUT2D eigenvalue weighted by Crippen LogP contribution is -2.13. The van der Waals surface area contributed by atoms with Crippen LogP contribution in [0, 0.1) is 6.92 Å². The van der Waals surface area contributed by atoms with E-state index in [9.17, 15) is 4.79 Å². The van der Waals surface area contributed by atoms with Crippen molar-refractivity contribution in [1.82, 2.24) is 0 Å². The molecule has 0 atom stereocenters. The van der Waals surface area contributed by atoms with Gasteiger partial charge in [0.25, 0.3) is 5.91 Å². The molecular formula is C14H9Br3ClNO. The molecule has 0 aromatic heterocycles.